The third kappa shape index (κ3) is 6.74. The van der Waals surface area contributed by atoms with Crippen molar-refractivity contribution in [1.82, 2.24) is 5.32 Å². The normalized spacial score (nSPS) is 19.0. The van der Waals surface area contributed by atoms with Crippen LogP contribution in [0.3, 0.4) is 0 Å². The number of nitrogens with one attached hydrogen (secondary N) is 1. The quantitative estimate of drug-likeness (QED) is 0.548. The van der Waals surface area contributed by atoms with E-state index in [9.17, 15) is 4.79 Å². The van der Waals surface area contributed by atoms with Gasteiger partial charge in [0.05, 0.1) is 30.4 Å². The van der Waals surface area contributed by atoms with Crippen molar-refractivity contribution in [1.29, 1.82) is 0 Å². The average molecular weight is 463 g/mol. The van der Waals surface area contributed by atoms with Crippen molar-refractivity contribution in [2.24, 2.45) is 5.73 Å². The molecule has 0 radical (unpaired) electrons. The lowest BCUT2D eigenvalue weighted by molar-refractivity contribution is -0.123. The van der Waals surface area contributed by atoms with E-state index in [1.165, 1.54) is 7.11 Å². The maximum Gasteiger partial charge on any atom is 0.481 e. The van der Waals surface area contributed by atoms with Gasteiger partial charge in [-0.3, -0.25) is 4.79 Å². The van der Waals surface area contributed by atoms with E-state index in [0.29, 0.717) is 18.1 Å². The summed E-state index contributed by atoms with van der Waals surface area (Å²) >= 11 is 6.00. The maximum atomic E-state index is 12.5. The van der Waals surface area contributed by atoms with Crippen LogP contribution in [0, 0.1) is 6.92 Å². The fourth-order valence-corrected chi connectivity index (χ4v) is 3.17. The summed E-state index contributed by atoms with van der Waals surface area (Å²) in [4.78, 5) is 12.5. The standard InChI is InChI=1S/C20H32BClN2O5.ClH/c1-13-11-14(22)7-8-16(13)27-10-9-17(24-18(25)15(23)12-26-6)21-28-19(2,3)20(4,5)29-21;/h7-8,11,15,17H,9-10,12,23H2,1-6H3,(H,24,25);1H. The van der Waals surface area contributed by atoms with Crippen LogP contribution in [0.5, 0.6) is 5.75 Å². The SMILES string of the molecule is COCC(N)C(=O)NC(CCOc1ccc(Cl)cc1C)B1OC(C)(C)C(C)(C)O1.Cl. The van der Waals surface area contributed by atoms with E-state index in [4.69, 9.17) is 36.1 Å². The number of hydrogen-bond acceptors (Lipinski definition) is 6. The molecule has 170 valence electrons. The van der Waals surface area contributed by atoms with Crippen LogP contribution in [0.15, 0.2) is 18.2 Å². The molecule has 2 unspecified atom stereocenters. The molecular weight excluding hydrogens is 430 g/mol. The molecule has 0 saturated carbocycles. The molecule has 0 aliphatic carbocycles. The van der Waals surface area contributed by atoms with Gasteiger partial charge in [-0.2, -0.15) is 0 Å². The number of aryl methyl sites for hydroxylation is 1. The highest BCUT2D eigenvalue weighted by Crippen LogP contribution is 2.38. The van der Waals surface area contributed by atoms with Crippen molar-refractivity contribution < 1.29 is 23.6 Å². The number of hydrogen-bond donors (Lipinski definition) is 2. The number of nitrogens with two attached hydrogens (primary N) is 1. The molecule has 1 heterocycles. The molecule has 10 heteroatoms. The van der Waals surface area contributed by atoms with Gasteiger partial charge >= 0.3 is 7.12 Å². The molecule has 3 N–H and O–H groups in total. The molecule has 1 saturated heterocycles. The Morgan fingerprint density at radius 2 is 1.87 bits per heavy atom. The number of carbonyl (C=O) groups excluding carboxylic acids is 1. The first-order valence-corrected chi connectivity index (χ1v) is 10.1. The third-order valence-corrected chi connectivity index (χ3v) is 5.67. The van der Waals surface area contributed by atoms with E-state index in [-0.39, 0.29) is 24.9 Å². The van der Waals surface area contributed by atoms with Gasteiger partial charge < -0.3 is 29.8 Å². The Labute approximate surface area is 190 Å². The number of benzene rings is 1. The highest BCUT2D eigenvalue weighted by atomic mass is 35.5. The lowest BCUT2D eigenvalue weighted by Gasteiger charge is -2.32. The van der Waals surface area contributed by atoms with Crippen LogP contribution in [0.1, 0.15) is 39.7 Å². The van der Waals surface area contributed by atoms with Crippen LogP contribution < -0.4 is 15.8 Å². The summed E-state index contributed by atoms with van der Waals surface area (Å²) in [5.74, 6) is -0.0159. The topological polar surface area (TPSA) is 92.0 Å². The van der Waals surface area contributed by atoms with Gasteiger partial charge in [0.2, 0.25) is 5.91 Å². The van der Waals surface area contributed by atoms with Crippen LogP contribution in [0.4, 0.5) is 0 Å². The van der Waals surface area contributed by atoms with Crippen molar-refractivity contribution in [2.45, 2.75) is 64.2 Å². The molecule has 7 nitrogen and oxygen atoms in total. The molecule has 30 heavy (non-hydrogen) atoms. The second kappa shape index (κ2) is 11.0. The fraction of sp³-hybridized carbons (Fsp3) is 0.650. The summed E-state index contributed by atoms with van der Waals surface area (Å²) in [6.45, 7) is 10.3. The molecule has 1 aliphatic heterocycles. The molecule has 1 aliphatic rings. The minimum atomic E-state index is -0.774. The summed E-state index contributed by atoms with van der Waals surface area (Å²) in [6.07, 6.45) is 0.477. The second-order valence-corrected chi connectivity index (χ2v) is 8.79. The third-order valence-electron chi connectivity index (χ3n) is 5.43. The van der Waals surface area contributed by atoms with Crippen LogP contribution in [0.25, 0.3) is 0 Å². The van der Waals surface area contributed by atoms with Crippen LogP contribution in [-0.2, 0) is 18.8 Å². The number of amides is 1. The number of methoxy groups -OCH3 is 1. The van der Waals surface area contributed by atoms with E-state index < -0.39 is 30.3 Å². The van der Waals surface area contributed by atoms with Crippen molar-refractivity contribution >= 4 is 37.0 Å². The zero-order valence-electron chi connectivity index (χ0n) is 18.5. The highest BCUT2D eigenvalue weighted by molar-refractivity contribution is 6.48. The van der Waals surface area contributed by atoms with Crippen LogP contribution >= 0.6 is 24.0 Å². The van der Waals surface area contributed by atoms with Crippen LogP contribution in [0.2, 0.25) is 5.02 Å². The summed E-state index contributed by atoms with van der Waals surface area (Å²) in [5.41, 5.74) is 5.79. The van der Waals surface area contributed by atoms with Gasteiger partial charge in [0.25, 0.3) is 0 Å². The first-order chi connectivity index (χ1) is 13.5. The predicted octanol–water partition coefficient (Wildman–Crippen LogP) is 2.93. The monoisotopic (exact) mass is 462 g/mol. The van der Waals surface area contributed by atoms with Crippen molar-refractivity contribution in [3.8, 4) is 5.75 Å². The Hall–Kier alpha value is -1.03. The summed E-state index contributed by atoms with van der Waals surface area (Å²) in [7, 11) is 0.884. The van der Waals surface area contributed by atoms with Gasteiger partial charge in [-0.25, -0.2) is 0 Å². The number of halogens is 2. The Morgan fingerprint density at radius 1 is 1.27 bits per heavy atom. The first kappa shape index (κ1) is 27.0. The zero-order chi connectivity index (χ0) is 21.8. The molecular formula is C20H33BCl2N2O5. The Balaban J connectivity index is 0.00000450. The number of rotatable bonds is 9. The van der Waals surface area contributed by atoms with Gasteiger partial charge in [-0.05, 0) is 58.4 Å². The predicted molar refractivity (Wildman–Crippen MR) is 121 cm³/mol. The summed E-state index contributed by atoms with van der Waals surface area (Å²) in [5, 5.41) is 3.59. The molecule has 1 fully saturated rings. The largest absolute Gasteiger partial charge is 0.493 e. The first-order valence-electron chi connectivity index (χ1n) is 9.76. The number of ether oxygens (including phenoxy) is 2. The zero-order valence-corrected chi connectivity index (χ0v) is 20.1. The average Bonchev–Trinajstić information content (AvgIpc) is 2.83. The fourth-order valence-electron chi connectivity index (χ4n) is 2.94. The molecule has 0 aromatic heterocycles. The molecule has 0 spiro atoms. The van der Waals surface area contributed by atoms with Crippen LogP contribution in [-0.4, -0.2) is 56.5 Å². The highest BCUT2D eigenvalue weighted by Gasteiger charge is 2.54. The van der Waals surface area contributed by atoms with E-state index in [2.05, 4.69) is 5.32 Å². The van der Waals surface area contributed by atoms with E-state index in [0.717, 1.165) is 11.3 Å². The second-order valence-electron chi connectivity index (χ2n) is 8.35. The van der Waals surface area contributed by atoms with Crippen molar-refractivity contribution in [2.75, 3.05) is 20.3 Å². The molecule has 2 rings (SSSR count). The Kier molecular flexibility index (Phi) is 9.92. The van der Waals surface area contributed by atoms with Crippen molar-refractivity contribution in [3.05, 3.63) is 28.8 Å². The summed E-state index contributed by atoms with van der Waals surface area (Å²) < 4.78 is 23.1. The Bertz CT molecular complexity index is 704. The summed E-state index contributed by atoms with van der Waals surface area (Å²) in [6, 6.07) is 4.67. The van der Waals surface area contributed by atoms with Gasteiger partial charge in [-0.15, -0.1) is 12.4 Å². The van der Waals surface area contributed by atoms with Gasteiger partial charge in [0.15, 0.2) is 0 Å². The molecule has 1 aromatic carbocycles. The van der Waals surface area contributed by atoms with Gasteiger partial charge in [0, 0.05) is 18.6 Å². The molecule has 1 aromatic rings. The minimum absolute atomic E-state index is 0. The molecule has 0 bridgehead atoms. The van der Waals surface area contributed by atoms with Gasteiger partial charge in [-0.1, -0.05) is 11.6 Å². The van der Waals surface area contributed by atoms with Crippen molar-refractivity contribution in [3.63, 3.8) is 0 Å². The number of carbonyl (C=O) groups is 1. The van der Waals surface area contributed by atoms with E-state index in [1.807, 2.05) is 46.8 Å². The van der Waals surface area contributed by atoms with Gasteiger partial charge in [0.1, 0.15) is 11.8 Å². The Morgan fingerprint density at radius 3 is 2.40 bits per heavy atom. The van der Waals surface area contributed by atoms with E-state index >= 15 is 0 Å². The molecule has 2 atom stereocenters. The minimum Gasteiger partial charge on any atom is -0.493 e. The van der Waals surface area contributed by atoms with E-state index in [1.54, 1.807) is 6.07 Å². The lowest BCUT2D eigenvalue weighted by atomic mass is 9.76. The lowest BCUT2D eigenvalue weighted by Crippen LogP contribution is -2.54. The smallest absolute Gasteiger partial charge is 0.481 e. The molecule has 1 amide bonds. The maximum absolute atomic E-state index is 12.5.